The normalized spacial score (nSPS) is 13.1. The van der Waals surface area contributed by atoms with Crippen LogP contribution in [0.5, 0.6) is 0 Å². The number of alkyl halides is 6. The number of carbonyl (C=O) groups excluding carboxylic acids is 1. The summed E-state index contributed by atoms with van der Waals surface area (Å²) in [6, 6.07) is 0. The third kappa shape index (κ3) is 3.02. The van der Waals surface area contributed by atoms with Gasteiger partial charge in [-0.05, 0) is 6.92 Å². The molecule has 18 heavy (non-hydrogen) atoms. The summed E-state index contributed by atoms with van der Waals surface area (Å²) < 4.78 is 74.7. The van der Waals surface area contributed by atoms with Crippen LogP contribution in [-0.4, -0.2) is 27.9 Å². The third-order valence-electron chi connectivity index (χ3n) is 2.16. The molecule has 102 valence electrons. The van der Waals surface area contributed by atoms with Crippen LogP contribution in [-0.2, 0) is 6.54 Å². The van der Waals surface area contributed by atoms with Gasteiger partial charge in [0.2, 0.25) is 5.92 Å². The van der Waals surface area contributed by atoms with Crippen LogP contribution < -0.4 is 0 Å². The Bertz CT molecular complexity index is 419. The van der Waals surface area contributed by atoms with Crippen molar-refractivity contribution in [2.24, 2.45) is 5.92 Å². The number of hydrogen-bond donors (Lipinski definition) is 0. The maximum Gasteiger partial charge on any atom is 0.407 e. The van der Waals surface area contributed by atoms with E-state index in [9.17, 15) is 31.1 Å². The van der Waals surface area contributed by atoms with E-state index in [0.717, 1.165) is 10.9 Å². The number of halogens is 6. The van der Waals surface area contributed by atoms with Crippen molar-refractivity contribution in [3.8, 4) is 0 Å². The molecular weight excluding hydrogens is 266 g/mol. The Labute approximate surface area is 97.4 Å². The first kappa shape index (κ1) is 14.5. The number of aromatic nitrogens is 2. The van der Waals surface area contributed by atoms with Gasteiger partial charge in [0.25, 0.3) is 0 Å². The molecule has 1 aromatic rings. The van der Waals surface area contributed by atoms with Crippen LogP contribution in [0.15, 0.2) is 12.4 Å². The minimum absolute atomic E-state index is 0.232. The largest absolute Gasteiger partial charge is 0.407 e. The second kappa shape index (κ2) is 4.62. The summed E-state index contributed by atoms with van der Waals surface area (Å²) in [5.41, 5.74) is -0.712. The Hall–Kier alpha value is -1.54. The number of hydrogen-bond acceptors (Lipinski definition) is 2. The van der Waals surface area contributed by atoms with Gasteiger partial charge in [0.05, 0.1) is 11.8 Å². The molecule has 0 bridgehead atoms. The van der Waals surface area contributed by atoms with E-state index < -0.39 is 29.6 Å². The standard InChI is InChI=1S/C9H8F6N2O/c1-2-17-4-5(3-16-17)6(18)7(8(10,11)12)9(13,14)15/h3-4,7H,2H2,1H3. The highest BCUT2D eigenvalue weighted by molar-refractivity contribution is 5.98. The zero-order valence-electron chi connectivity index (χ0n) is 9.01. The fourth-order valence-corrected chi connectivity index (χ4v) is 1.31. The minimum atomic E-state index is -5.68. The number of ketones is 1. The van der Waals surface area contributed by atoms with E-state index in [1.807, 2.05) is 0 Å². The molecule has 0 aromatic carbocycles. The Morgan fingerprint density at radius 1 is 1.28 bits per heavy atom. The van der Waals surface area contributed by atoms with Gasteiger partial charge in [-0.2, -0.15) is 31.4 Å². The van der Waals surface area contributed by atoms with Crippen molar-refractivity contribution in [2.75, 3.05) is 0 Å². The van der Waals surface area contributed by atoms with Crippen molar-refractivity contribution in [1.29, 1.82) is 0 Å². The van der Waals surface area contributed by atoms with Gasteiger partial charge in [0.15, 0.2) is 5.78 Å². The SMILES string of the molecule is CCn1cc(C(=O)C(C(F)(F)F)C(F)(F)F)cn1. The summed E-state index contributed by atoms with van der Waals surface area (Å²) in [5, 5.41) is 3.46. The first-order valence-corrected chi connectivity index (χ1v) is 4.77. The molecular formula is C9H8F6N2O. The lowest BCUT2D eigenvalue weighted by Gasteiger charge is -2.20. The molecule has 1 aromatic heterocycles. The summed E-state index contributed by atoms with van der Waals surface area (Å²) >= 11 is 0. The monoisotopic (exact) mass is 274 g/mol. The summed E-state index contributed by atoms with van der Waals surface area (Å²) in [4.78, 5) is 11.3. The average Bonchev–Trinajstić information content (AvgIpc) is 2.60. The van der Waals surface area contributed by atoms with E-state index >= 15 is 0 Å². The van der Waals surface area contributed by atoms with E-state index in [4.69, 9.17) is 0 Å². The topological polar surface area (TPSA) is 34.9 Å². The summed E-state index contributed by atoms with van der Waals surface area (Å²) in [7, 11) is 0. The Balaban J connectivity index is 3.11. The lowest BCUT2D eigenvalue weighted by Crippen LogP contribution is -2.42. The molecule has 0 aliphatic heterocycles. The first-order valence-electron chi connectivity index (χ1n) is 4.77. The van der Waals surface area contributed by atoms with Crippen LogP contribution in [0.2, 0.25) is 0 Å². The number of aryl methyl sites for hydroxylation is 1. The van der Waals surface area contributed by atoms with Gasteiger partial charge in [-0.1, -0.05) is 0 Å². The van der Waals surface area contributed by atoms with Gasteiger partial charge in [0, 0.05) is 12.7 Å². The van der Waals surface area contributed by atoms with Gasteiger partial charge in [-0.15, -0.1) is 0 Å². The molecule has 0 atom stereocenters. The zero-order chi connectivity index (χ0) is 14.1. The first-order chi connectivity index (χ1) is 8.07. The van der Waals surface area contributed by atoms with Crippen LogP contribution in [0.3, 0.4) is 0 Å². The van der Waals surface area contributed by atoms with Crippen LogP contribution in [0, 0.1) is 5.92 Å². The van der Waals surface area contributed by atoms with Crippen LogP contribution in [0.4, 0.5) is 26.3 Å². The highest BCUT2D eigenvalue weighted by Crippen LogP contribution is 2.41. The highest BCUT2D eigenvalue weighted by Gasteiger charge is 2.61. The minimum Gasteiger partial charge on any atom is -0.293 e. The Morgan fingerprint density at radius 2 is 1.78 bits per heavy atom. The number of carbonyl (C=O) groups is 1. The highest BCUT2D eigenvalue weighted by atomic mass is 19.4. The summed E-state index contributed by atoms with van der Waals surface area (Å²) in [5.74, 6) is -6.06. The number of rotatable bonds is 3. The van der Waals surface area contributed by atoms with Crippen LogP contribution in [0.1, 0.15) is 17.3 Å². The predicted octanol–water partition coefficient (Wildman–Crippen LogP) is 2.83. The van der Waals surface area contributed by atoms with E-state index in [2.05, 4.69) is 5.10 Å². The van der Waals surface area contributed by atoms with E-state index in [1.54, 1.807) is 6.92 Å². The van der Waals surface area contributed by atoms with E-state index in [-0.39, 0.29) is 6.54 Å². The molecule has 1 heterocycles. The Morgan fingerprint density at radius 3 is 2.11 bits per heavy atom. The molecule has 0 unspecified atom stereocenters. The van der Waals surface area contributed by atoms with Crippen molar-refractivity contribution in [3.05, 3.63) is 18.0 Å². The molecule has 0 saturated heterocycles. The van der Waals surface area contributed by atoms with Crippen molar-refractivity contribution in [1.82, 2.24) is 9.78 Å². The Kier molecular flexibility index (Phi) is 3.72. The van der Waals surface area contributed by atoms with Crippen molar-refractivity contribution < 1.29 is 31.1 Å². The lowest BCUT2D eigenvalue weighted by atomic mass is 9.99. The molecule has 0 spiro atoms. The van der Waals surface area contributed by atoms with Gasteiger partial charge < -0.3 is 0 Å². The molecule has 9 heteroatoms. The summed E-state index contributed by atoms with van der Waals surface area (Å²) in [6.07, 6.45) is -9.81. The predicted molar refractivity (Wildman–Crippen MR) is 47.8 cm³/mol. The molecule has 0 fully saturated rings. The fraction of sp³-hybridized carbons (Fsp3) is 0.556. The van der Waals surface area contributed by atoms with Crippen LogP contribution >= 0.6 is 0 Å². The molecule has 0 radical (unpaired) electrons. The molecule has 3 nitrogen and oxygen atoms in total. The van der Waals surface area contributed by atoms with E-state index in [1.165, 1.54) is 0 Å². The molecule has 0 amide bonds. The molecule has 1 rings (SSSR count). The summed E-state index contributed by atoms with van der Waals surface area (Å²) in [6.45, 7) is 1.81. The number of Topliss-reactive ketones (excluding diaryl/α,β-unsaturated/α-hetero) is 1. The zero-order valence-corrected chi connectivity index (χ0v) is 9.01. The van der Waals surface area contributed by atoms with Crippen molar-refractivity contribution in [3.63, 3.8) is 0 Å². The van der Waals surface area contributed by atoms with Crippen molar-refractivity contribution >= 4 is 5.78 Å². The smallest absolute Gasteiger partial charge is 0.293 e. The van der Waals surface area contributed by atoms with Gasteiger partial charge in [-0.3, -0.25) is 9.48 Å². The molecule has 0 aliphatic carbocycles. The van der Waals surface area contributed by atoms with Gasteiger partial charge >= 0.3 is 12.4 Å². The van der Waals surface area contributed by atoms with Crippen molar-refractivity contribution in [2.45, 2.75) is 25.8 Å². The lowest BCUT2D eigenvalue weighted by molar-refractivity contribution is -0.264. The van der Waals surface area contributed by atoms with Gasteiger partial charge in [-0.25, -0.2) is 0 Å². The van der Waals surface area contributed by atoms with E-state index in [0.29, 0.717) is 6.20 Å². The molecule has 0 saturated carbocycles. The second-order valence-electron chi connectivity index (χ2n) is 3.47. The third-order valence-corrected chi connectivity index (χ3v) is 2.16. The maximum absolute atomic E-state index is 12.3. The quantitative estimate of drug-likeness (QED) is 0.627. The second-order valence-corrected chi connectivity index (χ2v) is 3.47. The van der Waals surface area contributed by atoms with Crippen LogP contribution in [0.25, 0.3) is 0 Å². The molecule has 0 N–H and O–H groups in total. The maximum atomic E-state index is 12.3. The average molecular weight is 274 g/mol. The molecule has 0 aliphatic rings. The fourth-order valence-electron chi connectivity index (χ4n) is 1.31. The van der Waals surface area contributed by atoms with Gasteiger partial charge in [0.1, 0.15) is 0 Å². The number of nitrogens with zero attached hydrogens (tertiary/aromatic N) is 2.